The number of hydrogen-bond acceptors (Lipinski definition) is 4. The standard InChI is InChI=1S/C32H22F10N2O3.C8H6F3NO/c1-43-28(46)23-14-19(8-10-25(23)34)30(16-17-5-3-2-4-6-17,20-12-21(33)15-22(13-20)47-32(41,42)29(36)37)44-27(45)18-7-9-26(35)24(11-18)31(38,39)40;9-8(10,11)6-4-2-1-3-5(6)7(12)13/h2-15,29H,16H2,1H3,(H,43,46)(H,44,45);1-4H,(H2,12,13). The molecule has 0 aliphatic heterocycles. The Kier molecular flexibility index (Phi) is 13.9. The molecule has 0 saturated heterocycles. The van der Waals surface area contributed by atoms with E-state index in [0.29, 0.717) is 35.9 Å². The van der Waals surface area contributed by atoms with Crippen LogP contribution in [0.2, 0.25) is 0 Å². The quantitative estimate of drug-likeness (QED) is 0.115. The summed E-state index contributed by atoms with van der Waals surface area (Å²) in [6.45, 7) is 0. The predicted octanol–water partition coefficient (Wildman–Crippen LogP) is 9.44. The van der Waals surface area contributed by atoms with E-state index in [-0.39, 0.29) is 11.6 Å². The van der Waals surface area contributed by atoms with Crippen LogP contribution in [0.25, 0.3) is 0 Å². The van der Waals surface area contributed by atoms with Gasteiger partial charge < -0.3 is 21.1 Å². The van der Waals surface area contributed by atoms with Gasteiger partial charge in [-0.1, -0.05) is 48.5 Å². The van der Waals surface area contributed by atoms with Crippen molar-refractivity contribution in [3.05, 3.63) is 171 Å². The summed E-state index contributed by atoms with van der Waals surface area (Å²) in [5.41, 5.74) is -2.60. The first-order valence-corrected chi connectivity index (χ1v) is 16.8. The van der Waals surface area contributed by atoms with Crippen LogP contribution in [0.5, 0.6) is 5.75 Å². The maximum Gasteiger partial charge on any atom is 0.461 e. The van der Waals surface area contributed by atoms with Crippen LogP contribution in [0, 0.1) is 17.5 Å². The highest BCUT2D eigenvalue weighted by atomic mass is 19.4. The lowest BCUT2D eigenvalue weighted by Crippen LogP contribution is -2.49. The van der Waals surface area contributed by atoms with Gasteiger partial charge in [0.2, 0.25) is 5.91 Å². The number of primary amides is 1. The van der Waals surface area contributed by atoms with Gasteiger partial charge in [-0.2, -0.15) is 43.9 Å². The summed E-state index contributed by atoms with van der Waals surface area (Å²) in [7, 11) is 1.17. The van der Waals surface area contributed by atoms with E-state index in [0.717, 1.165) is 30.3 Å². The topological polar surface area (TPSA) is 111 Å². The molecule has 60 heavy (non-hydrogen) atoms. The van der Waals surface area contributed by atoms with E-state index >= 15 is 4.39 Å². The van der Waals surface area contributed by atoms with Crippen molar-refractivity contribution < 1.29 is 76.2 Å². The molecule has 318 valence electrons. The molecular weight excluding hydrogens is 833 g/mol. The molecule has 20 heteroatoms. The Balaban J connectivity index is 0.000000519. The Hall–Kier alpha value is -6.60. The van der Waals surface area contributed by atoms with Gasteiger partial charge in [0, 0.05) is 25.1 Å². The minimum Gasteiger partial charge on any atom is -0.428 e. The van der Waals surface area contributed by atoms with E-state index in [9.17, 15) is 67.1 Å². The van der Waals surface area contributed by atoms with Crippen molar-refractivity contribution in [3.8, 4) is 5.75 Å². The van der Waals surface area contributed by atoms with Gasteiger partial charge in [-0.15, -0.1) is 0 Å². The molecule has 0 aliphatic carbocycles. The molecule has 0 saturated carbocycles. The monoisotopic (exact) mass is 861 g/mol. The van der Waals surface area contributed by atoms with Crippen molar-refractivity contribution in [1.29, 1.82) is 0 Å². The minimum atomic E-state index is -5.23. The number of carbonyl (C=O) groups is 3. The highest BCUT2D eigenvalue weighted by molar-refractivity contribution is 5.96. The average Bonchev–Trinajstić information content (AvgIpc) is 3.17. The molecule has 1 atom stereocenters. The molecular formula is C40H28F13N3O4. The van der Waals surface area contributed by atoms with Gasteiger partial charge >= 0.3 is 24.9 Å². The van der Waals surface area contributed by atoms with Crippen LogP contribution in [0.3, 0.4) is 0 Å². The molecule has 3 amide bonds. The second kappa shape index (κ2) is 18.1. The third-order valence-corrected chi connectivity index (χ3v) is 8.47. The van der Waals surface area contributed by atoms with Crippen LogP contribution in [0.15, 0.2) is 109 Å². The molecule has 0 spiro atoms. The van der Waals surface area contributed by atoms with Crippen molar-refractivity contribution in [2.45, 2.75) is 36.8 Å². The van der Waals surface area contributed by atoms with Gasteiger partial charge in [0.15, 0.2) is 0 Å². The summed E-state index contributed by atoms with van der Waals surface area (Å²) in [6, 6.07) is 17.7. The molecule has 1 unspecified atom stereocenters. The normalized spacial score (nSPS) is 12.8. The van der Waals surface area contributed by atoms with E-state index in [4.69, 9.17) is 5.73 Å². The van der Waals surface area contributed by atoms with Gasteiger partial charge in [-0.05, 0) is 71.3 Å². The Morgan fingerprint density at radius 3 is 1.82 bits per heavy atom. The fraction of sp³-hybridized carbons (Fsp3) is 0.175. The number of nitrogens with two attached hydrogens (primary N) is 1. The number of ether oxygens (including phenoxy) is 1. The first-order valence-electron chi connectivity index (χ1n) is 16.8. The summed E-state index contributed by atoms with van der Waals surface area (Å²) < 4.78 is 179. The molecule has 0 fully saturated rings. The van der Waals surface area contributed by atoms with Crippen LogP contribution in [0.1, 0.15) is 58.9 Å². The summed E-state index contributed by atoms with van der Waals surface area (Å²) in [4.78, 5) is 36.8. The number of benzene rings is 5. The predicted molar refractivity (Wildman–Crippen MR) is 188 cm³/mol. The lowest BCUT2D eigenvalue weighted by Gasteiger charge is -2.37. The number of halogens is 13. The van der Waals surface area contributed by atoms with Crippen molar-refractivity contribution in [3.63, 3.8) is 0 Å². The zero-order valence-corrected chi connectivity index (χ0v) is 30.3. The van der Waals surface area contributed by atoms with Crippen molar-refractivity contribution in [2.24, 2.45) is 5.73 Å². The number of amides is 3. The largest absolute Gasteiger partial charge is 0.461 e. The Bertz CT molecular complexity index is 2350. The van der Waals surface area contributed by atoms with Gasteiger partial charge in [0.1, 0.15) is 23.2 Å². The molecule has 5 aromatic carbocycles. The van der Waals surface area contributed by atoms with E-state index in [2.05, 4.69) is 15.4 Å². The third kappa shape index (κ3) is 10.9. The van der Waals surface area contributed by atoms with Gasteiger partial charge in [-0.25, -0.2) is 13.2 Å². The number of alkyl halides is 10. The summed E-state index contributed by atoms with van der Waals surface area (Å²) in [5, 5.41) is 4.62. The van der Waals surface area contributed by atoms with E-state index in [1.54, 1.807) is 6.07 Å². The molecule has 4 N–H and O–H groups in total. The fourth-order valence-electron chi connectivity index (χ4n) is 5.73. The van der Waals surface area contributed by atoms with Crippen molar-refractivity contribution >= 4 is 17.7 Å². The second-order valence-electron chi connectivity index (χ2n) is 12.5. The first-order chi connectivity index (χ1) is 27.9. The Morgan fingerprint density at radius 2 is 1.25 bits per heavy atom. The minimum absolute atomic E-state index is 0.196. The van der Waals surface area contributed by atoms with Crippen LogP contribution >= 0.6 is 0 Å². The summed E-state index contributed by atoms with van der Waals surface area (Å²) in [6.07, 6.45) is -19.7. The summed E-state index contributed by atoms with van der Waals surface area (Å²) in [5.74, 6) is -8.66. The molecule has 0 heterocycles. The smallest absolute Gasteiger partial charge is 0.428 e. The highest BCUT2D eigenvalue weighted by Crippen LogP contribution is 2.39. The number of rotatable bonds is 11. The molecule has 5 rings (SSSR count). The Morgan fingerprint density at radius 1 is 0.650 bits per heavy atom. The van der Waals surface area contributed by atoms with Crippen molar-refractivity contribution in [1.82, 2.24) is 10.6 Å². The second-order valence-corrected chi connectivity index (χ2v) is 12.5. The van der Waals surface area contributed by atoms with Crippen LogP contribution in [-0.4, -0.2) is 37.3 Å². The Labute approximate surface area is 331 Å². The van der Waals surface area contributed by atoms with Gasteiger partial charge in [-0.3, -0.25) is 14.4 Å². The average molecular weight is 862 g/mol. The molecule has 7 nitrogen and oxygen atoms in total. The van der Waals surface area contributed by atoms with E-state index in [1.807, 2.05) is 0 Å². The van der Waals surface area contributed by atoms with Crippen LogP contribution in [0.4, 0.5) is 57.1 Å². The molecule has 0 aromatic heterocycles. The zero-order chi connectivity index (χ0) is 44.8. The highest BCUT2D eigenvalue weighted by Gasteiger charge is 2.45. The van der Waals surface area contributed by atoms with Crippen LogP contribution < -0.4 is 21.1 Å². The summed E-state index contributed by atoms with van der Waals surface area (Å²) >= 11 is 0. The number of carbonyl (C=O) groups excluding carboxylic acids is 3. The maximum absolute atomic E-state index is 15.1. The lowest BCUT2D eigenvalue weighted by molar-refractivity contribution is -0.253. The lowest BCUT2D eigenvalue weighted by atomic mass is 9.77. The third-order valence-electron chi connectivity index (χ3n) is 8.47. The molecule has 0 bridgehead atoms. The molecule has 0 aliphatic rings. The van der Waals surface area contributed by atoms with E-state index in [1.165, 1.54) is 43.4 Å². The maximum atomic E-state index is 15.1. The number of nitrogens with one attached hydrogen (secondary N) is 2. The first kappa shape index (κ1) is 46.1. The number of hydrogen-bond donors (Lipinski definition) is 3. The van der Waals surface area contributed by atoms with Gasteiger partial charge in [0.05, 0.1) is 27.8 Å². The molecule has 5 aromatic rings. The fourth-order valence-corrected chi connectivity index (χ4v) is 5.73. The van der Waals surface area contributed by atoms with E-state index < -0.39 is 111 Å². The molecule has 0 radical (unpaired) electrons. The SMILES string of the molecule is CNC(=O)c1cc(C(Cc2ccccc2)(NC(=O)c2ccc(F)c(C(F)(F)F)c2)c2cc(F)cc(OC(F)(F)C(F)F)c2)ccc1F.NC(=O)c1ccccc1C(F)(F)F. The zero-order valence-electron chi connectivity index (χ0n) is 30.3. The van der Waals surface area contributed by atoms with Crippen molar-refractivity contribution in [2.75, 3.05) is 7.05 Å². The van der Waals surface area contributed by atoms with Gasteiger partial charge in [0.25, 0.3) is 11.8 Å². The van der Waals surface area contributed by atoms with Crippen LogP contribution in [-0.2, 0) is 24.3 Å².